The van der Waals surface area contributed by atoms with Crippen molar-refractivity contribution in [2.75, 3.05) is 26.4 Å². The van der Waals surface area contributed by atoms with E-state index in [1.54, 1.807) is 0 Å². The van der Waals surface area contributed by atoms with Gasteiger partial charge in [0.05, 0.1) is 33.0 Å². The molecule has 0 spiro atoms. The van der Waals surface area contributed by atoms with Gasteiger partial charge in [0.15, 0.2) is 18.9 Å². The number of ether oxygens (including phenoxy) is 9. The Labute approximate surface area is 447 Å². The van der Waals surface area contributed by atoms with Crippen LogP contribution in [0.1, 0.15) is 53.4 Å². The number of nitrogens with one attached hydrogen (secondary N) is 1. The van der Waals surface area contributed by atoms with E-state index in [0.29, 0.717) is 32.4 Å². The first-order valence-corrected chi connectivity index (χ1v) is 26.3. The van der Waals surface area contributed by atoms with E-state index in [9.17, 15) is 15.0 Å². The number of aliphatic hydroxyl groups excluding tert-OH is 1. The van der Waals surface area contributed by atoms with Crippen molar-refractivity contribution < 1.29 is 57.6 Å². The molecule has 16 nitrogen and oxygen atoms in total. The van der Waals surface area contributed by atoms with Crippen molar-refractivity contribution in [1.29, 1.82) is 5.53 Å². The second-order valence-corrected chi connectivity index (χ2v) is 19.6. The Morgan fingerprint density at radius 2 is 1.23 bits per heavy atom. The van der Waals surface area contributed by atoms with Crippen LogP contribution in [0.5, 0.6) is 0 Å². The van der Waals surface area contributed by atoms with E-state index in [1.807, 2.05) is 127 Å². The molecular weight excluding hydrogens is 981 g/mol. The predicted molar refractivity (Wildman–Crippen MR) is 285 cm³/mol. The molecule has 0 radical (unpaired) electrons. The molecule has 0 unspecified atom stereocenters. The first-order chi connectivity index (χ1) is 37.9. The van der Waals surface area contributed by atoms with Crippen LogP contribution < -0.4 is 4.91 Å². The van der Waals surface area contributed by atoms with Gasteiger partial charge in [-0.15, -0.1) is 0 Å². The Kier molecular flexibility index (Phi) is 18.5. The molecule has 0 aromatic heterocycles. The SMILES string of the molecule is N=[N+]=N[C@H]1[C@@H](O[C@@H]2[C@H](OCc3ccc4ccccc4c3)[C@@H](OCc3ccc4ccccc4c3)[C@@H](OCCCCCN(Cc3ccccc3)C(=O)O)O[C@@H]2COCc2ccccc2)O[C@@H]2CO[C@H](c3ccccc3)O[C@@H]2[C@@H]1O. The molecule has 0 saturated carbocycles. The van der Waals surface area contributed by atoms with Gasteiger partial charge in [-0.2, -0.15) is 0 Å². The smallest absolute Gasteiger partial charge is 0.407 e. The molecule has 3 aliphatic rings. The van der Waals surface area contributed by atoms with Crippen molar-refractivity contribution in [2.24, 2.45) is 5.11 Å². The molecule has 1 amide bonds. The summed E-state index contributed by atoms with van der Waals surface area (Å²) >= 11 is 0. The van der Waals surface area contributed by atoms with E-state index in [4.69, 9.17) is 48.2 Å². The van der Waals surface area contributed by atoms with Gasteiger partial charge in [0.1, 0.15) is 53.4 Å². The standard InChI is InChI=1S/C61H64N4O12/c62-64-63-52-53(66)54-51(40-73-58(76-54)47-23-9-3-10-24-47)74-59(52)77-55-50(39-69-36-42-19-7-2-8-20-42)75-60(70-32-16-4-15-31-65(61(67)68)35-41-17-5-1-6-18-41)57(72-38-44-28-30-46-22-12-14-26-49(46)34-44)56(55)71-37-43-27-29-45-21-11-13-25-48(45)33-43/h1-3,5-14,17-30,33-34,50-60,62,66H,4,15-16,31-32,35-40H2/p+1/t50-,51-,52-,53-,54+,55+,56+,57-,58+,59-,60+/m1/s1. The maximum Gasteiger partial charge on any atom is 0.407 e. The number of aliphatic hydroxyl groups is 1. The molecule has 0 bridgehead atoms. The van der Waals surface area contributed by atoms with Crippen molar-refractivity contribution in [1.82, 2.24) is 9.81 Å². The maximum absolute atomic E-state index is 12.2. The minimum Gasteiger partial charge on any atom is -0.465 e. The zero-order valence-electron chi connectivity index (χ0n) is 42.7. The fourth-order valence-corrected chi connectivity index (χ4v) is 10.2. The number of hydrogen-bond acceptors (Lipinski definition) is 13. The molecule has 3 saturated heterocycles. The highest BCUT2D eigenvalue weighted by atomic mass is 16.8. The summed E-state index contributed by atoms with van der Waals surface area (Å²) < 4.78 is 60.6. The number of fused-ring (bicyclic) bond motifs is 3. The summed E-state index contributed by atoms with van der Waals surface area (Å²) in [7, 11) is 0. The summed E-state index contributed by atoms with van der Waals surface area (Å²) in [4.78, 5) is 17.1. The van der Waals surface area contributed by atoms with Crippen molar-refractivity contribution in [3.63, 3.8) is 0 Å². The largest absolute Gasteiger partial charge is 0.465 e. The third kappa shape index (κ3) is 13.9. The number of carbonyl (C=O) groups is 1. The summed E-state index contributed by atoms with van der Waals surface area (Å²) in [5.41, 5.74) is 12.3. The molecule has 3 fully saturated rings. The van der Waals surface area contributed by atoms with E-state index in [0.717, 1.165) is 49.4 Å². The van der Waals surface area contributed by atoms with E-state index < -0.39 is 73.7 Å². The lowest BCUT2D eigenvalue weighted by Gasteiger charge is -2.49. The molecule has 0 aliphatic carbocycles. The van der Waals surface area contributed by atoms with Crippen LogP contribution in [0.2, 0.25) is 0 Å². The van der Waals surface area contributed by atoms with Gasteiger partial charge in [0, 0.05) is 25.3 Å². The Bertz CT molecular complexity index is 3030. The molecular formula is C61H65N4O12+. The van der Waals surface area contributed by atoms with E-state index in [-0.39, 0.29) is 39.6 Å². The van der Waals surface area contributed by atoms with E-state index in [2.05, 4.69) is 58.6 Å². The normalized spacial score (nSPS) is 25.2. The Morgan fingerprint density at radius 1 is 0.623 bits per heavy atom. The quantitative estimate of drug-likeness (QED) is 0.0312. The topological polar surface area (TPSA) is 194 Å². The number of carboxylic acid groups (broad SMARTS) is 1. The van der Waals surface area contributed by atoms with Gasteiger partial charge < -0.3 is 57.7 Å². The molecule has 7 aromatic rings. The highest BCUT2D eigenvalue weighted by molar-refractivity contribution is 5.83. The van der Waals surface area contributed by atoms with Crippen LogP contribution in [-0.2, 0) is 69.0 Å². The van der Waals surface area contributed by atoms with Gasteiger partial charge in [-0.1, -0.05) is 164 Å². The van der Waals surface area contributed by atoms with Gasteiger partial charge in [-0.25, -0.2) is 4.79 Å². The van der Waals surface area contributed by atoms with Gasteiger partial charge in [-0.05, 0) is 75.2 Å². The molecule has 11 atom stereocenters. The van der Waals surface area contributed by atoms with Gasteiger partial charge in [-0.3, -0.25) is 0 Å². The Hall–Kier alpha value is -6.76. The lowest BCUT2D eigenvalue weighted by atomic mass is 9.95. The molecule has 77 heavy (non-hydrogen) atoms. The lowest BCUT2D eigenvalue weighted by molar-refractivity contribution is -0.376. The lowest BCUT2D eigenvalue weighted by Crippen LogP contribution is -2.66. The predicted octanol–water partition coefficient (Wildman–Crippen LogP) is 10.3. The van der Waals surface area contributed by atoms with Crippen molar-refractivity contribution in [2.45, 2.75) is 113 Å². The van der Waals surface area contributed by atoms with Gasteiger partial charge in [0.2, 0.25) is 11.0 Å². The third-order valence-corrected chi connectivity index (χ3v) is 14.2. The van der Waals surface area contributed by atoms with Crippen LogP contribution in [-0.4, -0.2) is 109 Å². The van der Waals surface area contributed by atoms with Crippen LogP contribution in [0.15, 0.2) is 181 Å². The number of nitrogens with zero attached hydrogens (tertiary/aromatic N) is 3. The number of benzene rings is 7. The molecule has 400 valence electrons. The van der Waals surface area contributed by atoms with Crippen LogP contribution in [0.3, 0.4) is 0 Å². The first kappa shape index (κ1) is 53.6. The average Bonchev–Trinajstić information content (AvgIpc) is 3.46. The second-order valence-electron chi connectivity index (χ2n) is 19.6. The monoisotopic (exact) mass is 1050 g/mol. The molecule has 3 N–H and O–H groups in total. The first-order valence-electron chi connectivity index (χ1n) is 26.3. The highest BCUT2D eigenvalue weighted by Crippen LogP contribution is 2.39. The van der Waals surface area contributed by atoms with E-state index >= 15 is 0 Å². The maximum atomic E-state index is 12.2. The fourth-order valence-electron chi connectivity index (χ4n) is 10.2. The van der Waals surface area contributed by atoms with Crippen LogP contribution in [0.4, 0.5) is 4.79 Å². The van der Waals surface area contributed by atoms with Crippen LogP contribution >= 0.6 is 0 Å². The number of hydrogen-bond donors (Lipinski definition) is 3. The van der Waals surface area contributed by atoms with Crippen LogP contribution in [0, 0.1) is 5.53 Å². The Balaban J connectivity index is 0.955. The Morgan fingerprint density at radius 3 is 1.88 bits per heavy atom. The molecule has 16 heteroatoms. The van der Waals surface area contributed by atoms with Crippen molar-refractivity contribution in [3.8, 4) is 0 Å². The van der Waals surface area contributed by atoms with Crippen LogP contribution in [0.25, 0.3) is 21.5 Å². The zero-order valence-corrected chi connectivity index (χ0v) is 42.7. The number of rotatable bonds is 23. The molecule has 7 aromatic carbocycles. The fraction of sp³-hybridized carbons (Fsp3) is 0.361. The molecule has 10 rings (SSSR count). The summed E-state index contributed by atoms with van der Waals surface area (Å²) in [6, 6.07) is 56.2. The van der Waals surface area contributed by atoms with Gasteiger partial charge in [0.25, 0.3) is 0 Å². The van der Waals surface area contributed by atoms with Gasteiger partial charge >= 0.3 is 6.09 Å². The second kappa shape index (κ2) is 26.5. The van der Waals surface area contributed by atoms with E-state index in [1.165, 1.54) is 4.90 Å². The molecule has 3 aliphatic heterocycles. The number of amides is 1. The summed E-state index contributed by atoms with van der Waals surface area (Å²) in [5.74, 6) is 0. The average molecular weight is 1050 g/mol. The van der Waals surface area contributed by atoms with Crippen molar-refractivity contribution >= 4 is 27.6 Å². The number of unbranched alkanes of at least 4 members (excludes halogenated alkanes) is 2. The summed E-state index contributed by atoms with van der Waals surface area (Å²) in [6.07, 6.45) is -8.98. The zero-order chi connectivity index (χ0) is 52.8. The minimum atomic E-state index is -1.32. The summed E-state index contributed by atoms with van der Waals surface area (Å²) in [5, 5.41) is 30.6. The highest BCUT2D eigenvalue weighted by Gasteiger charge is 2.56. The molecule has 3 heterocycles. The minimum absolute atomic E-state index is 0.00994. The van der Waals surface area contributed by atoms with Crippen molar-refractivity contribution in [3.05, 3.63) is 204 Å². The third-order valence-electron chi connectivity index (χ3n) is 14.2. The summed E-state index contributed by atoms with van der Waals surface area (Å²) in [6.45, 7) is 1.53.